The Morgan fingerprint density at radius 1 is 1.18 bits per heavy atom. The van der Waals surface area contributed by atoms with E-state index in [9.17, 15) is 9.18 Å². The maximum atomic E-state index is 12.9. The lowest BCUT2D eigenvalue weighted by Gasteiger charge is -2.17. The molecule has 0 heterocycles. The van der Waals surface area contributed by atoms with Gasteiger partial charge in [0.2, 0.25) is 0 Å². The van der Waals surface area contributed by atoms with Crippen molar-refractivity contribution in [2.45, 2.75) is 19.4 Å². The monoisotopic (exact) mass is 303 g/mol. The maximum absolute atomic E-state index is 12.9. The SMILES string of the molecule is CC[C@@H](Oc1cccc(OC)c1)C(=O)Nc1ccc(F)cc1. The summed E-state index contributed by atoms with van der Waals surface area (Å²) in [6.45, 7) is 1.86. The molecule has 2 aromatic carbocycles. The number of amides is 1. The van der Waals surface area contributed by atoms with Gasteiger partial charge in [0.1, 0.15) is 17.3 Å². The molecule has 0 aliphatic heterocycles. The van der Waals surface area contributed by atoms with Gasteiger partial charge in [0.15, 0.2) is 6.10 Å². The fourth-order valence-electron chi connectivity index (χ4n) is 1.92. The van der Waals surface area contributed by atoms with Gasteiger partial charge >= 0.3 is 0 Å². The van der Waals surface area contributed by atoms with Crippen LogP contribution in [0.5, 0.6) is 11.5 Å². The molecule has 0 aliphatic rings. The van der Waals surface area contributed by atoms with Crippen molar-refractivity contribution in [1.29, 1.82) is 0 Å². The molecule has 2 aromatic rings. The number of hydrogen-bond donors (Lipinski definition) is 1. The summed E-state index contributed by atoms with van der Waals surface area (Å²) in [6.07, 6.45) is -0.137. The lowest BCUT2D eigenvalue weighted by molar-refractivity contribution is -0.122. The van der Waals surface area contributed by atoms with Crippen LogP contribution in [-0.4, -0.2) is 19.1 Å². The standard InChI is InChI=1S/C17H18FNO3/c1-3-16(22-15-6-4-5-14(11-15)21-2)17(20)19-13-9-7-12(18)8-10-13/h4-11,16H,3H2,1-2H3,(H,19,20)/t16-/m1/s1. The molecule has 0 aliphatic carbocycles. The molecular weight excluding hydrogens is 285 g/mol. The summed E-state index contributed by atoms with van der Waals surface area (Å²) in [5.41, 5.74) is 0.527. The van der Waals surface area contributed by atoms with E-state index in [0.717, 1.165) is 0 Å². The number of ether oxygens (including phenoxy) is 2. The van der Waals surface area contributed by atoms with E-state index in [-0.39, 0.29) is 11.7 Å². The van der Waals surface area contributed by atoms with Gasteiger partial charge in [0.05, 0.1) is 7.11 Å². The Morgan fingerprint density at radius 2 is 1.86 bits per heavy atom. The van der Waals surface area contributed by atoms with Crippen molar-refractivity contribution in [2.24, 2.45) is 0 Å². The largest absolute Gasteiger partial charge is 0.497 e. The number of hydrogen-bond acceptors (Lipinski definition) is 3. The molecule has 0 aromatic heterocycles. The number of benzene rings is 2. The van der Waals surface area contributed by atoms with Crippen molar-refractivity contribution < 1.29 is 18.7 Å². The predicted molar refractivity (Wildman–Crippen MR) is 82.7 cm³/mol. The van der Waals surface area contributed by atoms with Crippen molar-refractivity contribution in [3.8, 4) is 11.5 Å². The predicted octanol–water partition coefficient (Wildman–Crippen LogP) is 3.63. The van der Waals surface area contributed by atoms with Crippen LogP contribution in [0.4, 0.5) is 10.1 Å². The van der Waals surface area contributed by atoms with Crippen LogP contribution in [0.2, 0.25) is 0 Å². The average molecular weight is 303 g/mol. The summed E-state index contributed by atoms with van der Waals surface area (Å²) >= 11 is 0. The molecule has 1 N–H and O–H groups in total. The third-order valence-electron chi connectivity index (χ3n) is 3.09. The molecule has 0 unspecified atom stereocenters. The zero-order chi connectivity index (χ0) is 15.9. The highest BCUT2D eigenvalue weighted by molar-refractivity contribution is 5.94. The highest BCUT2D eigenvalue weighted by atomic mass is 19.1. The van der Waals surface area contributed by atoms with Crippen LogP contribution in [0.25, 0.3) is 0 Å². The van der Waals surface area contributed by atoms with Crippen LogP contribution >= 0.6 is 0 Å². The topological polar surface area (TPSA) is 47.6 Å². The molecule has 0 saturated carbocycles. The van der Waals surface area contributed by atoms with Crippen LogP contribution in [0.15, 0.2) is 48.5 Å². The minimum absolute atomic E-state index is 0.281. The van der Waals surface area contributed by atoms with Crippen molar-refractivity contribution >= 4 is 11.6 Å². The lowest BCUT2D eigenvalue weighted by Crippen LogP contribution is -2.32. The van der Waals surface area contributed by atoms with Crippen molar-refractivity contribution in [3.63, 3.8) is 0 Å². The lowest BCUT2D eigenvalue weighted by atomic mass is 10.2. The third-order valence-corrected chi connectivity index (χ3v) is 3.09. The van der Waals surface area contributed by atoms with Crippen LogP contribution in [0.3, 0.4) is 0 Å². The summed E-state index contributed by atoms with van der Waals surface area (Å²) < 4.78 is 23.7. The van der Waals surface area contributed by atoms with E-state index in [1.807, 2.05) is 6.92 Å². The summed E-state index contributed by atoms with van der Waals surface area (Å²) in [7, 11) is 1.57. The molecule has 4 nitrogen and oxygen atoms in total. The maximum Gasteiger partial charge on any atom is 0.265 e. The molecule has 0 saturated heterocycles. The summed E-state index contributed by atoms with van der Waals surface area (Å²) in [4.78, 5) is 12.2. The first kappa shape index (κ1) is 15.8. The summed E-state index contributed by atoms with van der Waals surface area (Å²) in [5.74, 6) is 0.585. The second kappa shape index (κ2) is 7.45. The Bertz CT molecular complexity index is 628. The van der Waals surface area contributed by atoms with Gasteiger partial charge in [-0.25, -0.2) is 4.39 Å². The van der Waals surface area contributed by atoms with Crippen LogP contribution in [0.1, 0.15) is 13.3 Å². The van der Waals surface area contributed by atoms with Crippen molar-refractivity contribution in [3.05, 3.63) is 54.3 Å². The number of rotatable bonds is 6. The smallest absolute Gasteiger partial charge is 0.265 e. The quantitative estimate of drug-likeness (QED) is 0.886. The van der Waals surface area contributed by atoms with Gasteiger partial charge in [-0.2, -0.15) is 0 Å². The van der Waals surface area contributed by atoms with E-state index in [4.69, 9.17) is 9.47 Å². The number of carbonyl (C=O) groups excluding carboxylic acids is 1. The zero-order valence-corrected chi connectivity index (χ0v) is 12.5. The Balaban J connectivity index is 2.03. The minimum atomic E-state index is -0.642. The molecular formula is C17H18FNO3. The molecule has 2 rings (SSSR count). The number of halogens is 1. The average Bonchev–Trinajstić information content (AvgIpc) is 2.54. The van der Waals surface area contributed by atoms with Crippen LogP contribution < -0.4 is 14.8 Å². The van der Waals surface area contributed by atoms with Gasteiger partial charge < -0.3 is 14.8 Å². The summed E-state index contributed by atoms with van der Waals surface area (Å²) in [6, 6.07) is 12.7. The van der Waals surface area contributed by atoms with E-state index in [1.54, 1.807) is 31.4 Å². The molecule has 0 spiro atoms. The molecule has 0 bridgehead atoms. The molecule has 5 heteroatoms. The second-order valence-electron chi connectivity index (χ2n) is 4.69. The Morgan fingerprint density at radius 3 is 2.50 bits per heavy atom. The van der Waals surface area contributed by atoms with Gasteiger partial charge in [-0.3, -0.25) is 4.79 Å². The first-order chi connectivity index (χ1) is 10.6. The molecule has 0 radical (unpaired) electrons. The normalized spacial score (nSPS) is 11.6. The van der Waals surface area contributed by atoms with Gasteiger partial charge in [-0.05, 0) is 42.8 Å². The van der Waals surface area contributed by atoms with E-state index in [0.29, 0.717) is 23.6 Å². The van der Waals surface area contributed by atoms with Gasteiger partial charge in [-0.1, -0.05) is 13.0 Å². The van der Waals surface area contributed by atoms with Crippen LogP contribution in [-0.2, 0) is 4.79 Å². The van der Waals surface area contributed by atoms with Crippen LogP contribution in [0, 0.1) is 5.82 Å². The highest BCUT2D eigenvalue weighted by Gasteiger charge is 2.18. The van der Waals surface area contributed by atoms with E-state index >= 15 is 0 Å². The molecule has 0 fully saturated rings. The first-order valence-corrected chi connectivity index (χ1v) is 6.99. The highest BCUT2D eigenvalue weighted by Crippen LogP contribution is 2.21. The number of methoxy groups -OCH3 is 1. The van der Waals surface area contributed by atoms with Crippen molar-refractivity contribution in [2.75, 3.05) is 12.4 Å². The molecule has 1 atom stereocenters. The third kappa shape index (κ3) is 4.22. The molecule has 1 amide bonds. The fourth-order valence-corrected chi connectivity index (χ4v) is 1.92. The first-order valence-electron chi connectivity index (χ1n) is 6.99. The Hall–Kier alpha value is -2.56. The Labute approximate surface area is 128 Å². The summed E-state index contributed by atoms with van der Waals surface area (Å²) in [5, 5.41) is 2.71. The number of carbonyl (C=O) groups is 1. The van der Waals surface area contributed by atoms with E-state index in [2.05, 4.69) is 5.32 Å². The number of anilines is 1. The number of nitrogens with one attached hydrogen (secondary N) is 1. The second-order valence-corrected chi connectivity index (χ2v) is 4.69. The van der Waals surface area contributed by atoms with E-state index in [1.165, 1.54) is 24.3 Å². The van der Waals surface area contributed by atoms with Gasteiger partial charge in [0.25, 0.3) is 5.91 Å². The minimum Gasteiger partial charge on any atom is -0.497 e. The van der Waals surface area contributed by atoms with Gasteiger partial charge in [-0.15, -0.1) is 0 Å². The van der Waals surface area contributed by atoms with E-state index < -0.39 is 6.10 Å². The molecule has 22 heavy (non-hydrogen) atoms. The van der Waals surface area contributed by atoms with Crippen molar-refractivity contribution in [1.82, 2.24) is 0 Å². The Kier molecular flexibility index (Phi) is 5.36. The zero-order valence-electron chi connectivity index (χ0n) is 12.5. The van der Waals surface area contributed by atoms with Gasteiger partial charge in [0, 0.05) is 11.8 Å². The molecule has 116 valence electrons. The fraction of sp³-hybridized carbons (Fsp3) is 0.235.